The Hall–Kier alpha value is -2.13. The number of carbonyl (C=O) groups is 2. The molecule has 8 nitrogen and oxygen atoms in total. The van der Waals surface area contributed by atoms with Crippen molar-refractivity contribution in [2.45, 2.75) is 31.6 Å². The van der Waals surface area contributed by atoms with Gasteiger partial charge in [0.05, 0.1) is 17.1 Å². The summed E-state index contributed by atoms with van der Waals surface area (Å²) in [7, 11) is -3.70. The summed E-state index contributed by atoms with van der Waals surface area (Å²) in [6, 6.07) is 3.71. The van der Waals surface area contributed by atoms with Gasteiger partial charge in [-0.15, -0.1) is 0 Å². The van der Waals surface area contributed by atoms with Crippen LogP contribution in [0.15, 0.2) is 23.1 Å². The van der Waals surface area contributed by atoms with Crippen molar-refractivity contribution in [3.05, 3.63) is 18.2 Å². The summed E-state index contributed by atoms with van der Waals surface area (Å²) in [4.78, 5) is 23.4. The van der Waals surface area contributed by atoms with Crippen LogP contribution in [0.1, 0.15) is 26.7 Å². The molecule has 138 valence electrons. The quantitative estimate of drug-likeness (QED) is 0.589. The van der Waals surface area contributed by atoms with Gasteiger partial charge >= 0.3 is 0 Å². The van der Waals surface area contributed by atoms with Crippen molar-refractivity contribution in [1.82, 2.24) is 9.62 Å². The lowest BCUT2D eigenvalue weighted by Crippen LogP contribution is -2.34. The van der Waals surface area contributed by atoms with Crippen molar-refractivity contribution >= 4 is 27.5 Å². The molecule has 1 fully saturated rings. The van der Waals surface area contributed by atoms with E-state index in [-0.39, 0.29) is 34.7 Å². The van der Waals surface area contributed by atoms with Gasteiger partial charge in [-0.05, 0) is 31.0 Å². The minimum absolute atomic E-state index is 0.0104. The highest BCUT2D eigenvalue weighted by atomic mass is 32.2. The fourth-order valence-corrected chi connectivity index (χ4v) is 3.82. The summed E-state index contributed by atoms with van der Waals surface area (Å²) >= 11 is 0. The van der Waals surface area contributed by atoms with E-state index in [2.05, 4.69) is 10.6 Å². The van der Waals surface area contributed by atoms with Crippen molar-refractivity contribution < 1.29 is 23.1 Å². The number of hydrogen-bond acceptors (Lipinski definition) is 5. The molecule has 0 radical (unpaired) electrons. The lowest BCUT2D eigenvalue weighted by Gasteiger charge is -2.19. The first kappa shape index (κ1) is 19.2. The van der Waals surface area contributed by atoms with E-state index >= 15 is 0 Å². The minimum Gasteiger partial charge on any atom is -0.506 e. The number of rotatable bonds is 8. The molecule has 0 spiro atoms. The Kier molecular flexibility index (Phi) is 6.02. The molecule has 2 rings (SSSR count). The van der Waals surface area contributed by atoms with Gasteiger partial charge in [0, 0.05) is 19.0 Å². The van der Waals surface area contributed by atoms with Crippen LogP contribution in [0.2, 0.25) is 0 Å². The monoisotopic (exact) mass is 369 g/mol. The molecule has 25 heavy (non-hydrogen) atoms. The average molecular weight is 369 g/mol. The number of benzene rings is 1. The molecule has 1 aromatic rings. The topological polar surface area (TPSA) is 116 Å². The number of carbonyl (C=O) groups excluding carboxylic acids is 2. The van der Waals surface area contributed by atoms with Crippen LogP contribution in [0.3, 0.4) is 0 Å². The molecule has 0 aromatic heterocycles. The van der Waals surface area contributed by atoms with Gasteiger partial charge in [0.2, 0.25) is 21.8 Å². The van der Waals surface area contributed by atoms with Crippen LogP contribution in [-0.2, 0) is 19.6 Å². The molecule has 1 aliphatic carbocycles. The maximum absolute atomic E-state index is 12.5. The van der Waals surface area contributed by atoms with Crippen LogP contribution in [0.4, 0.5) is 5.69 Å². The third-order valence-corrected chi connectivity index (χ3v) is 6.00. The van der Waals surface area contributed by atoms with Crippen molar-refractivity contribution in [3.8, 4) is 5.75 Å². The van der Waals surface area contributed by atoms with E-state index in [1.54, 1.807) is 13.8 Å². The Morgan fingerprint density at radius 3 is 2.44 bits per heavy atom. The van der Waals surface area contributed by atoms with Crippen LogP contribution in [0, 0.1) is 5.92 Å². The fraction of sp³-hybridized carbons (Fsp3) is 0.500. The van der Waals surface area contributed by atoms with E-state index in [1.807, 2.05) is 0 Å². The fourth-order valence-electron chi connectivity index (χ4n) is 2.34. The molecule has 9 heteroatoms. The van der Waals surface area contributed by atoms with Crippen LogP contribution < -0.4 is 10.6 Å². The van der Waals surface area contributed by atoms with Crippen LogP contribution in [-0.4, -0.2) is 49.3 Å². The third-order valence-electron chi connectivity index (χ3n) is 3.96. The van der Waals surface area contributed by atoms with Crippen molar-refractivity contribution in [2.75, 3.05) is 25.0 Å². The zero-order valence-electron chi connectivity index (χ0n) is 14.3. The second kappa shape index (κ2) is 7.83. The maximum Gasteiger partial charge on any atom is 0.243 e. The summed E-state index contributed by atoms with van der Waals surface area (Å²) < 4.78 is 26.3. The molecule has 0 saturated heterocycles. The van der Waals surface area contributed by atoms with Crippen molar-refractivity contribution in [3.63, 3.8) is 0 Å². The predicted octanol–water partition coefficient (Wildman–Crippen LogP) is 0.887. The number of phenols is 1. The standard InChI is InChI=1S/C16H23N3O5S/c1-3-19(4-2)25(23,24)12-7-8-14(20)13(9-12)18-15(21)10-17-16(22)11-5-6-11/h7-9,11,20H,3-6,10H2,1-2H3,(H,17,22)(H,18,21). The average Bonchev–Trinajstić information content (AvgIpc) is 3.40. The molecular weight excluding hydrogens is 346 g/mol. The van der Waals surface area contributed by atoms with E-state index in [0.717, 1.165) is 12.8 Å². The molecule has 2 amide bonds. The van der Waals surface area contributed by atoms with Gasteiger partial charge in [-0.3, -0.25) is 9.59 Å². The third kappa shape index (κ3) is 4.70. The van der Waals surface area contributed by atoms with Crippen LogP contribution >= 0.6 is 0 Å². The molecule has 0 unspecified atom stereocenters. The Morgan fingerprint density at radius 2 is 1.88 bits per heavy atom. The van der Waals surface area contributed by atoms with E-state index < -0.39 is 15.9 Å². The highest BCUT2D eigenvalue weighted by molar-refractivity contribution is 7.89. The van der Waals surface area contributed by atoms with Gasteiger partial charge in [0.25, 0.3) is 0 Å². The Bertz CT molecular complexity index is 755. The van der Waals surface area contributed by atoms with Crippen LogP contribution in [0.5, 0.6) is 5.75 Å². The number of sulfonamides is 1. The normalized spacial score (nSPS) is 14.4. The summed E-state index contributed by atoms with van der Waals surface area (Å²) in [5.74, 6) is -0.969. The molecule has 0 atom stereocenters. The smallest absolute Gasteiger partial charge is 0.243 e. The number of nitrogens with zero attached hydrogens (tertiary/aromatic N) is 1. The Morgan fingerprint density at radius 1 is 1.24 bits per heavy atom. The van der Waals surface area contributed by atoms with E-state index in [0.29, 0.717) is 13.1 Å². The molecule has 1 aliphatic rings. The second-order valence-electron chi connectivity index (χ2n) is 5.81. The van der Waals surface area contributed by atoms with Crippen LogP contribution in [0.25, 0.3) is 0 Å². The van der Waals surface area contributed by atoms with Gasteiger partial charge in [-0.1, -0.05) is 13.8 Å². The molecule has 0 aliphatic heterocycles. The predicted molar refractivity (Wildman–Crippen MR) is 92.6 cm³/mol. The first-order valence-electron chi connectivity index (χ1n) is 8.20. The van der Waals surface area contributed by atoms with E-state index in [1.165, 1.54) is 22.5 Å². The zero-order valence-corrected chi connectivity index (χ0v) is 15.1. The van der Waals surface area contributed by atoms with Gasteiger partial charge in [0.15, 0.2) is 0 Å². The van der Waals surface area contributed by atoms with E-state index in [4.69, 9.17) is 0 Å². The molecule has 0 bridgehead atoms. The molecule has 1 aromatic carbocycles. The first-order chi connectivity index (χ1) is 11.8. The highest BCUT2D eigenvalue weighted by Crippen LogP contribution is 2.29. The van der Waals surface area contributed by atoms with Crippen molar-refractivity contribution in [1.29, 1.82) is 0 Å². The summed E-state index contributed by atoms with van der Waals surface area (Å²) in [6.07, 6.45) is 1.67. The number of amides is 2. The Balaban J connectivity index is 2.10. The minimum atomic E-state index is -3.70. The highest BCUT2D eigenvalue weighted by Gasteiger charge is 2.29. The van der Waals surface area contributed by atoms with Gasteiger partial charge < -0.3 is 15.7 Å². The molecule has 3 N–H and O–H groups in total. The lowest BCUT2D eigenvalue weighted by atomic mass is 10.3. The molecule has 1 saturated carbocycles. The van der Waals surface area contributed by atoms with Gasteiger partial charge in [0.1, 0.15) is 5.75 Å². The lowest BCUT2D eigenvalue weighted by molar-refractivity contribution is -0.125. The zero-order chi connectivity index (χ0) is 18.6. The number of nitrogens with one attached hydrogen (secondary N) is 2. The van der Waals surface area contributed by atoms with Gasteiger partial charge in [-0.25, -0.2) is 8.42 Å². The number of anilines is 1. The van der Waals surface area contributed by atoms with E-state index in [9.17, 15) is 23.1 Å². The SMILES string of the molecule is CCN(CC)S(=O)(=O)c1ccc(O)c(NC(=O)CNC(=O)C2CC2)c1. The maximum atomic E-state index is 12.5. The number of aromatic hydroxyl groups is 1. The van der Waals surface area contributed by atoms with Crippen molar-refractivity contribution in [2.24, 2.45) is 5.92 Å². The molecular formula is C16H23N3O5S. The summed E-state index contributed by atoms with van der Waals surface area (Å²) in [5.41, 5.74) is -0.0149. The first-order valence-corrected chi connectivity index (χ1v) is 9.64. The summed E-state index contributed by atoms with van der Waals surface area (Å²) in [5, 5.41) is 14.8. The second-order valence-corrected chi connectivity index (χ2v) is 7.75. The van der Waals surface area contributed by atoms with Gasteiger partial charge in [-0.2, -0.15) is 4.31 Å². The number of hydrogen-bond donors (Lipinski definition) is 3. The molecule has 0 heterocycles. The summed E-state index contributed by atoms with van der Waals surface area (Å²) in [6.45, 7) is 3.85. The Labute approximate surface area is 147 Å². The largest absolute Gasteiger partial charge is 0.506 e. The number of phenolic OH excluding ortho intramolecular Hbond substituents is 1.